The van der Waals surface area contributed by atoms with Gasteiger partial charge < -0.3 is 5.73 Å². The Balaban J connectivity index is 1.91. The van der Waals surface area contributed by atoms with Crippen LogP contribution in [0.3, 0.4) is 0 Å². The van der Waals surface area contributed by atoms with E-state index < -0.39 is 0 Å². The minimum atomic E-state index is 0.300. The number of anilines is 1. The largest absolute Gasteiger partial charge is 0.398 e. The second kappa shape index (κ2) is 4.81. The number of hydrogen-bond acceptors (Lipinski definition) is 4. The number of nitrogen functional groups attached to an aromatic ring is 1. The molecule has 0 radical (unpaired) electrons. The fourth-order valence-corrected chi connectivity index (χ4v) is 2.46. The van der Waals surface area contributed by atoms with Crippen molar-refractivity contribution < 1.29 is 0 Å². The molecule has 0 saturated heterocycles. The molecule has 1 aromatic carbocycles. The maximum atomic E-state index is 6.05. The summed E-state index contributed by atoms with van der Waals surface area (Å²) in [7, 11) is 0. The van der Waals surface area contributed by atoms with Gasteiger partial charge in [0.1, 0.15) is 0 Å². The molecule has 3 rings (SSSR count). The Bertz CT molecular complexity index is 590. The van der Waals surface area contributed by atoms with Gasteiger partial charge in [0.05, 0.1) is 16.8 Å². The molecule has 1 unspecified atom stereocenters. The number of rotatable bonds is 4. The van der Waals surface area contributed by atoms with Gasteiger partial charge in [-0.05, 0) is 47.9 Å². The van der Waals surface area contributed by atoms with Crippen LogP contribution in [0.5, 0.6) is 0 Å². The van der Waals surface area contributed by atoms with Crippen LogP contribution in [0.15, 0.2) is 18.2 Å². The molecule has 6 heteroatoms. The maximum Gasteiger partial charge on any atom is 0.182 e. The summed E-state index contributed by atoms with van der Waals surface area (Å²) in [6.45, 7) is 2.15. The van der Waals surface area contributed by atoms with Crippen LogP contribution in [0.2, 0.25) is 5.02 Å². The van der Waals surface area contributed by atoms with Gasteiger partial charge in [-0.1, -0.05) is 24.4 Å². The van der Waals surface area contributed by atoms with E-state index in [-0.39, 0.29) is 0 Å². The van der Waals surface area contributed by atoms with Gasteiger partial charge >= 0.3 is 0 Å². The van der Waals surface area contributed by atoms with E-state index in [2.05, 4.69) is 22.4 Å². The van der Waals surface area contributed by atoms with Crippen molar-refractivity contribution in [1.82, 2.24) is 20.2 Å². The Morgan fingerprint density at radius 3 is 2.95 bits per heavy atom. The van der Waals surface area contributed by atoms with Crippen LogP contribution in [0.1, 0.15) is 32.2 Å². The monoisotopic (exact) mass is 277 g/mol. The molecule has 1 aliphatic rings. The predicted molar refractivity (Wildman–Crippen MR) is 74.7 cm³/mol. The lowest BCUT2D eigenvalue weighted by Gasteiger charge is -2.13. The Hall–Kier alpha value is -1.62. The van der Waals surface area contributed by atoms with E-state index in [1.165, 1.54) is 12.8 Å². The molecule has 2 N–H and O–H groups in total. The van der Waals surface area contributed by atoms with E-state index in [0.717, 1.165) is 23.7 Å². The molecule has 2 aromatic rings. The minimum Gasteiger partial charge on any atom is -0.398 e. The molecule has 0 amide bonds. The van der Waals surface area contributed by atoms with E-state index in [4.69, 9.17) is 17.3 Å². The molecule has 5 nitrogen and oxygen atoms in total. The van der Waals surface area contributed by atoms with Crippen LogP contribution in [0.4, 0.5) is 5.69 Å². The van der Waals surface area contributed by atoms with Gasteiger partial charge in [0.15, 0.2) is 5.82 Å². The Morgan fingerprint density at radius 1 is 1.47 bits per heavy atom. The highest BCUT2D eigenvalue weighted by atomic mass is 35.5. The molecule has 1 atom stereocenters. The second-order valence-electron chi connectivity index (χ2n) is 5.21. The highest BCUT2D eigenvalue weighted by Gasteiger charge is 2.26. The summed E-state index contributed by atoms with van der Waals surface area (Å²) in [6.07, 6.45) is 3.78. The lowest BCUT2D eigenvalue weighted by molar-refractivity contribution is 0.430. The summed E-state index contributed by atoms with van der Waals surface area (Å²) in [5.41, 5.74) is 7.18. The van der Waals surface area contributed by atoms with Gasteiger partial charge in [-0.25, -0.2) is 4.68 Å². The fourth-order valence-electron chi connectivity index (χ4n) is 2.28. The van der Waals surface area contributed by atoms with Crippen molar-refractivity contribution in [3.8, 4) is 11.4 Å². The first kappa shape index (κ1) is 12.4. The van der Waals surface area contributed by atoms with Gasteiger partial charge in [0, 0.05) is 5.56 Å². The average Bonchev–Trinajstić information content (AvgIpc) is 3.06. The quantitative estimate of drug-likeness (QED) is 0.873. The van der Waals surface area contributed by atoms with Crippen LogP contribution in [-0.4, -0.2) is 20.2 Å². The zero-order chi connectivity index (χ0) is 13.4. The first-order valence-corrected chi connectivity index (χ1v) is 6.86. The van der Waals surface area contributed by atoms with E-state index in [9.17, 15) is 0 Å². The smallest absolute Gasteiger partial charge is 0.182 e. The summed E-state index contributed by atoms with van der Waals surface area (Å²) in [4.78, 5) is 0. The van der Waals surface area contributed by atoms with Crippen LogP contribution in [0.25, 0.3) is 11.4 Å². The predicted octanol–water partition coefficient (Wildman–Crippen LogP) is 2.94. The third-order valence-electron chi connectivity index (χ3n) is 3.54. The minimum absolute atomic E-state index is 0.300. The van der Waals surface area contributed by atoms with Crippen molar-refractivity contribution in [3.05, 3.63) is 23.2 Å². The summed E-state index contributed by atoms with van der Waals surface area (Å²) in [5.74, 6) is 1.58. The number of hydrogen-bond donors (Lipinski definition) is 1. The number of nitrogens with two attached hydrogens (primary N) is 1. The zero-order valence-corrected chi connectivity index (χ0v) is 11.5. The van der Waals surface area contributed by atoms with Crippen molar-refractivity contribution >= 4 is 17.3 Å². The summed E-state index contributed by atoms with van der Waals surface area (Å²) >= 11 is 6.05. The molecule has 19 heavy (non-hydrogen) atoms. The number of benzene rings is 1. The Morgan fingerprint density at radius 2 is 2.26 bits per heavy atom. The Labute approximate surface area is 116 Å². The second-order valence-corrected chi connectivity index (χ2v) is 5.62. The number of nitrogens with zero attached hydrogens (tertiary/aromatic N) is 4. The third kappa shape index (κ3) is 2.56. The molecular weight excluding hydrogens is 262 g/mol. The SMILES string of the molecule is CC(CC1CC1)n1nnnc1-c1ccc(N)c(Cl)c1. The lowest BCUT2D eigenvalue weighted by Crippen LogP contribution is -2.10. The fraction of sp³-hybridized carbons (Fsp3) is 0.462. The van der Waals surface area contributed by atoms with Gasteiger partial charge in [-0.3, -0.25) is 0 Å². The van der Waals surface area contributed by atoms with E-state index in [1.807, 2.05) is 16.8 Å². The molecular formula is C13H16ClN5. The zero-order valence-electron chi connectivity index (χ0n) is 10.8. The number of tetrazole rings is 1. The standard InChI is InChI=1S/C13H16ClN5/c1-8(6-9-2-3-9)19-13(16-17-18-19)10-4-5-12(15)11(14)7-10/h4-5,7-9H,2-3,6,15H2,1H3. The van der Waals surface area contributed by atoms with Crippen LogP contribution < -0.4 is 5.73 Å². The molecule has 1 heterocycles. The average molecular weight is 278 g/mol. The Kier molecular flexibility index (Phi) is 3.14. The van der Waals surface area contributed by atoms with E-state index in [1.54, 1.807) is 6.07 Å². The molecule has 1 fully saturated rings. The van der Waals surface area contributed by atoms with Gasteiger partial charge in [-0.2, -0.15) is 0 Å². The van der Waals surface area contributed by atoms with Crippen molar-refractivity contribution in [2.45, 2.75) is 32.2 Å². The van der Waals surface area contributed by atoms with Crippen molar-refractivity contribution in [3.63, 3.8) is 0 Å². The molecule has 1 saturated carbocycles. The molecule has 0 aliphatic heterocycles. The molecule has 0 bridgehead atoms. The highest BCUT2D eigenvalue weighted by Crippen LogP contribution is 2.37. The number of halogens is 1. The first-order chi connectivity index (χ1) is 9.15. The van der Waals surface area contributed by atoms with Crippen LogP contribution in [-0.2, 0) is 0 Å². The van der Waals surface area contributed by atoms with E-state index >= 15 is 0 Å². The molecule has 0 spiro atoms. The van der Waals surface area contributed by atoms with Crippen LogP contribution in [0, 0.1) is 5.92 Å². The number of aromatic nitrogens is 4. The van der Waals surface area contributed by atoms with Crippen molar-refractivity contribution in [2.24, 2.45) is 5.92 Å². The van der Waals surface area contributed by atoms with Crippen molar-refractivity contribution in [1.29, 1.82) is 0 Å². The topological polar surface area (TPSA) is 69.6 Å². The van der Waals surface area contributed by atoms with E-state index in [0.29, 0.717) is 16.8 Å². The summed E-state index contributed by atoms with van der Waals surface area (Å²) in [5, 5.41) is 12.5. The molecule has 100 valence electrons. The summed E-state index contributed by atoms with van der Waals surface area (Å²) in [6, 6.07) is 5.78. The van der Waals surface area contributed by atoms with Gasteiger partial charge in [0.2, 0.25) is 0 Å². The van der Waals surface area contributed by atoms with Crippen LogP contribution >= 0.6 is 11.6 Å². The van der Waals surface area contributed by atoms with Gasteiger partial charge in [0.25, 0.3) is 0 Å². The summed E-state index contributed by atoms with van der Waals surface area (Å²) < 4.78 is 1.88. The first-order valence-electron chi connectivity index (χ1n) is 6.48. The lowest BCUT2D eigenvalue weighted by atomic mass is 10.1. The third-order valence-corrected chi connectivity index (χ3v) is 3.87. The normalized spacial score (nSPS) is 16.5. The molecule has 1 aromatic heterocycles. The van der Waals surface area contributed by atoms with Gasteiger partial charge in [-0.15, -0.1) is 5.10 Å². The highest BCUT2D eigenvalue weighted by molar-refractivity contribution is 6.33. The maximum absolute atomic E-state index is 6.05. The van der Waals surface area contributed by atoms with Crippen molar-refractivity contribution in [2.75, 3.05) is 5.73 Å². The molecule has 1 aliphatic carbocycles.